The van der Waals surface area contributed by atoms with E-state index in [1.165, 1.54) is 0 Å². The summed E-state index contributed by atoms with van der Waals surface area (Å²) in [7, 11) is -3.37. The zero-order chi connectivity index (χ0) is 17.6. The molecule has 23 heavy (non-hydrogen) atoms. The lowest BCUT2D eigenvalue weighted by atomic mass is 10.0. The summed E-state index contributed by atoms with van der Waals surface area (Å²) in [6.45, 7) is 8.16. The van der Waals surface area contributed by atoms with Gasteiger partial charge in [0.2, 0.25) is 10.0 Å². The number of sulfonamides is 1. The Labute approximate surface area is 139 Å². The summed E-state index contributed by atoms with van der Waals surface area (Å²) >= 11 is 0. The highest BCUT2D eigenvalue weighted by atomic mass is 32.2. The Morgan fingerprint density at radius 2 is 1.83 bits per heavy atom. The Morgan fingerprint density at radius 1 is 1.17 bits per heavy atom. The van der Waals surface area contributed by atoms with Gasteiger partial charge in [0.05, 0.1) is 11.9 Å². The van der Waals surface area contributed by atoms with Crippen molar-refractivity contribution in [3.05, 3.63) is 29.3 Å². The maximum atomic E-state index is 12.3. The molecule has 130 valence electrons. The van der Waals surface area contributed by atoms with Crippen molar-refractivity contribution in [1.29, 1.82) is 0 Å². The van der Waals surface area contributed by atoms with Gasteiger partial charge in [0.25, 0.3) is 5.91 Å². The van der Waals surface area contributed by atoms with E-state index >= 15 is 0 Å². The van der Waals surface area contributed by atoms with Gasteiger partial charge in [-0.15, -0.1) is 0 Å². The van der Waals surface area contributed by atoms with Crippen molar-refractivity contribution in [1.82, 2.24) is 5.32 Å². The average molecular weight is 340 g/mol. The molecule has 0 heterocycles. The molecule has 1 aromatic carbocycles. The summed E-state index contributed by atoms with van der Waals surface area (Å²) in [5, 5.41) is 2.96. The minimum absolute atomic E-state index is 0.0915. The molecule has 6 heteroatoms. The van der Waals surface area contributed by atoms with Crippen LogP contribution in [0.1, 0.15) is 56.0 Å². The normalized spacial score (nSPS) is 13.0. The molecular weight excluding hydrogens is 312 g/mol. The summed E-state index contributed by atoms with van der Waals surface area (Å²) < 4.78 is 25.2. The number of benzene rings is 1. The molecule has 1 amide bonds. The maximum absolute atomic E-state index is 12.3. The van der Waals surface area contributed by atoms with Crippen molar-refractivity contribution in [2.45, 2.75) is 53.0 Å². The van der Waals surface area contributed by atoms with Crippen LogP contribution in [0.5, 0.6) is 0 Å². The largest absolute Gasteiger partial charge is 0.350 e. The van der Waals surface area contributed by atoms with E-state index in [-0.39, 0.29) is 11.9 Å². The van der Waals surface area contributed by atoms with Gasteiger partial charge in [-0.3, -0.25) is 9.52 Å². The Hall–Kier alpha value is -1.56. The molecule has 0 saturated carbocycles. The fraction of sp³-hybridized carbons (Fsp3) is 0.588. The second kappa shape index (κ2) is 8.34. The number of carbonyl (C=O) groups excluding carboxylic acids is 1. The summed E-state index contributed by atoms with van der Waals surface area (Å²) in [4.78, 5) is 12.3. The van der Waals surface area contributed by atoms with Crippen molar-refractivity contribution in [2.75, 3.05) is 11.0 Å². The average Bonchev–Trinajstić information content (AvgIpc) is 2.39. The van der Waals surface area contributed by atoms with Crippen molar-refractivity contribution in [3.8, 4) is 0 Å². The van der Waals surface area contributed by atoms with Crippen LogP contribution in [0.4, 0.5) is 5.69 Å². The van der Waals surface area contributed by atoms with Gasteiger partial charge in [-0.05, 0) is 43.9 Å². The number of carbonyl (C=O) groups is 1. The first kappa shape index (κ1) is 19.5. The SMILES string of the molecule is Cc1ccc(C(=O)NC(C)CCCC(C)C)cc1NS(C)(=O)=O. The highest BCUT2D eigenvalue weighted by Crippen LogP contribution is 2.18. The second-order valence-electron chi connectivity index (χ2n) is 6.60. The molecular formula is C17H28N2O3S. The molecule has 1 unspecified atom stereocenters. The lowest BCUT2D eigenvalue weighted by Gasteiger charge is -2.15. The maximum Gasteiger partial charge on any atom is 0.251 e. The van der Waals surface area contributed by atoms with Gasteiger partial charge in [-0.25, -0.2) is 8.42 Å². The summed E-state index contributed by atoms with van der Waals surface area (Å²) in [6.07, 6.45) is 4.25. The van der Waals surface area contributed by atoms with Crippen LogP contribution in [0.15, 0.2) is 18.2 Å². The van der Waals surface area contributed by atoms with Gasteiger partial charge < -0.3 is 5.32 Å². The van der Waals surface area contributed by atoms with Crippen LogP contribution in [0.3, 0.4) is 0 Å². The van der Waals surface area contributed by atoms with Gasteiger partial charge in [-0.1, -0.05) is 32.8 Å². The number of amides is 1. The van der Waals surface area contributed by atoms with E-state index in [1.807, 2.05) is 6.92 Å². The highest BCUT2D eigenvalue weighted by Gasteiger charge is 2.13. The molecule has 1 rings (SSSR count). The van der Waals surface area contributed by atoms with Crippen LogP contribution in [-0.2, 0) is 10.0 Å². The fourth-order valence-corrected chi connectivity index (χ4v) is 2.90. The number of aryl methyl sites for hydroxylation is 1. The van der Waals surface area contributed by atoms with Crippen LogP contribution in [0.2, 0.25) is 0 Å². The van der Waals surface area contributed by atoms with Crippen molar-refractivity contribution >= 4 is 21.6 Å². The molecule has 0 radical (unpaired) electrons. The number of hydrogen-bond donors (Lipinski definition) is 2. The first-order chi connectivity index (χ1) is 10.6. The topological polar surface area (TPSA) is 75.3 Å². The predicted molar refractivity (Wildman–Crippen MR) is 95.3 cm³/mol. The molecule has 0 aromatic heterocycles. The van der Waals surface area contributed by atoms with Crippen molar-refractivity contribution < 1.29 is 13.2 Å². The zero-order valence-corrected chi connectivity index (χ0v) is 15.5. The Kier molecular flexibility index (Phi) is 7.06. The zero-order valence-electron chi connectivity index (χ0n) is 14.6. The van der Waals surface area contributed by atoms with E-state index in [9.17, 15) is 13.2 Å². The molecule has 0 aliphatic carbocycles. The molecule has 0 aliphatic rings. The standard InChI is InChI=1S/C17H28N2O3S/c1-12(2)7-6-8-14(4)18-17(20)15-10-9-13(3)16(11-15)19-23(5,21)22/h9-12,14,19H,6-8H2,1-5H3,(H,18,20). The Bertz CT molecular complexity index is 639. The lowest BCUT2D eigenvalue weighted by molar-refractivity contribution is 0.0938. The van der Waals surface area contributed by atoms with Crippen LogP contribution in [0, 0.1) is 12.8 Å². The number of rotatable bonds is 8. The van der Waals surface area contributed by atoms with Gasteiger partial charge >= 0.3 is 0 Å². The summed E-state index contributed by atoms with van der Waals surface area (Å²) in [6, 6.07) is 5.12. The Morgan fingerprint density at radius 3 is 2.39 bits per heavy atom. The van der Waals surface area contributed by atoms with Gasteiger partial charge in [-0.2, -0.15) is 0 Å². The van der Waals surface area contributed by atoms with E-state index in [2.05, 4.69) is 23.9 Å². The molecule has 0 bridgehead atoms. The van der Waals surface area contributed by atoms with Crippen LogP contribution < -0.4 is 10.0 Å². The third-order valence-electron chi connectivity index (χ3n) is 3.59. The number of nitrogens with one attached hydrogen (secondary N) is 2. The first-order valence-corrected chi connectivity index (χ1v) is 9.87. The van der Waals surface area contributed by atoms with Gasteiger partial charge in [0, 0.05) is 11.6 Å². The molecule has 0 saturated heterocycles. The monoisotopic (exact) mass is 340 g/mol. The van der Waals surface area contributed by atoms with E-state index in [4.69, 9.17) is 0 Å². The van der Waals surface area contributed by atoms with Crippen LogP contribution >= 0.6 is 0 Å². The minimum atomic E-state index is -3.37. The molecule has 0 aliphatic heterocycles. The molecule has 5 nitrogen and oxygen atoms in total. The van der Waals surface area contributed by atoms with E-state index in [0.29, 0.717) is 17.2 Å². The molecule has 0 fully saturated rings. The highest BCUT2D eigenvalue weighted by molar-refractivity contribution is 7.92. The van der Waals surface area contributed by atoms with Crippen LogP contribution in [0.25, 0.3) is 0 Å². The quantitative estimate of drug-likeness (QED) is 0.762. The summed E-state index contributed by atoms with van der Waals surface area (Å²) in [5.41, 5.74) is 1.67. The molecule has 1 aromatic rings. The first-order valence-electron chi connectivity index (χ1n) is 7.98. The van der Waals surface area contributed by atoms with Crippen LogP contribution in [-0.4, -0.2) is 26.6 Å². The fourth-order valence-electron chi connectivity index (χ4n) is 2.28. The van der Waals surface area contributed by atoms with E-state index < -0.39 is 10.0 Å². The van der Waals surface area contributed by atoms with E-state index in [0.717, 1.165) is 31.1 Å². The number of hydrogen-bond acceptors (Lipinski definition) is 3. The minimum Gasteiger partial charge on any atom is -0.350 e. The third-order valence-corrected chi connectivity index (χ3v) is 4.18. The van der Waals surface area contributed by atoms with Crippen molar-refractivity contribution in [2.24, 2.45) is 5.92 Å². The van der Waals surface area contributed by atoms with Crippen molar-refractivity contribution in [3.63, 3.8) is 0 Å². The molecule has 2 N–H and O–H groups in total. The Balaban J connectivity index is 2.71. The lowest BCUT2D eigenvalue weighted by Crippen LogP contribution is -2.32. The summed E-state index contributed by atoms with van der Waals surface area (Å²) in [5.74, 6) is 0.484. The number of anilines is 1. The van der Waals surface area contributed by atoms with Gasteiger partial charge in [0.1, 0.15) is 0 Å². The second-order valence-corrected chi connectivity index (χ2v) is 8.35. The predicted octanol–water partition coefficient (Wildman–Crippen LogP) is 3.31. The molecule has 1 atom stereocenters. The van der Waals surface area contributed by atoms with E-state index in [1.54, 1.807) is 25.1 Å². The van der Waals surface area contributed by atoms with Gasteiger partial charge in [0.15, 0.2) is 0 Å². The molecule has 0 spiro atoms. The smallest absolute Gasteiger partial charge is 0.251 e. The third kappa shape index (κ3) is 7.50.